The van der Waals surface area contributed by atoms with Crippen molar-refractivity contribution in [3.8, 4) is 0 Å². The van der Waals surface area contributed by atoms with Crippen LogP contribution in [0.3, 0.4) is 0 Å². The number of nitro groups is 1. The molecule has 108 valence electrons. The van der Waals surface area contributed by atoms with Crippen molar-refractivity contribution in [2.45, 2.75) is 12.8 Å². The number of carbonyl (C=O) groups is 1. The number of hydrogen-bond donors (Lipinski definition) is 1. The first kappa shape index (κ1) is 14.6. The van der Waals surface area contributed by atoms with E-state index in [1.54, 1.807) is 19.2 Å². The van der Waals surface area contributed by atoms with Crippen LogP contribution in [-0.2, 0) is 4.79 Å². The Morgan fingerprint density at radius 2 is 2.10 bits per heavy atom. The van der Waals surface area contributed by atoms with Gasteiger partial charge >= 0.3 is 0 Å². The molecule has 1 heterocycles. The predicted molar refractivity (Wildman–Crippen MR) is 77.1 cm³/mol. The molecule has 0 aromatic heterocycles. The molecule has 1 amide bonds. The minimum Gasteiger partial charge on any atom is -0.366 e. The van der Waals surface area contributed by atoms with Crippen molar-refractivity contribution in [1.29, 1.82) is 0 Å². The number of hydrogen-bond acceptors (Lipinski definition) is 4. The van der Waals surface area contributed by atoms with Gasteiger partial charge in [-0.15, -0.1) is 0 Å². The van der Waals surface area contributed by atoms with Crippen molar-refractivity contribution in [2.24, 2.45) is 5.92 Å². The number of benzene rings is 1. The molecule has 0 unspecified atom stereocenters. The largest absolute Gasteiger partial charge is 0.366 e. The Morgan fingerprint density at radius 3 is 2.65 bits per heavy atom. The van der Waals surface area contributed by atoms with Gasteiger partial charge in [-0.25, -0.2) is 0 Å². The zero-order valence-corrected chi connectivity index (χ0v) is 11.9. The Balaban J connectivity index is 2.15. The normalized spacial score (nSPS) is 16.0. The summed E-state index contributed by atoms with van der Waals surface area (Å²) in [6, 6.07) is 4.68. The molecule has 0 bridgehead atoms. The van der Waals surface area contributed by atoms with Gasteiger partial charge < -0.3 is 10.2 Å². The van der Waals surface area contributed by atoms with Gasteiger partial charge in [0.2, 0.25) is 5.91 Å². The zero-order chi connectivity index (χ0) is 14.7. The molecule has 1 aliphatic heterocycles. The fourth-order valence-corrected chi connectivity index (χ4v) is 2.66. The second-order valence-electron chi connectivity index (χ2n) is 4.77. The molecule has 2 rings (SSSR count). The van der Waals surface area contributed by atoms with E-state index in [4.69, 9.17) is 11.6 Å². The second kappa shape index (κ2) is 6.09. The molecule has 20 heavy (non-hydrogen) atoms. The SMILES string of the molecule is CNC(=O)C1CCN(c2ccc(Cl)cc2[N+](=O)[O-])CC1. The number of nitrogens with zero attached hydrogens (tertiary/aromatic N) is 2. The summed E-state index contributed by atoms with van der Waals surface area (Å²) >= 11 is 5.81. The molecule has 0 spiro atoms. The average molecular weight is 298 g/mol. The lowest BCUT2D eigenvalue weighted by atomic mass is 9.95. The fourth-order valence-electron chi connectivity index (χ4n) is 2.50. The quantitative estimate of drug-likeness (QED) is 0.685. The van der Waals surface area contributed by atoms with Crippen LogP contribution in [0.15, 0.2) is 18.2 Å². The first-order chi connectivity index (χ1) is 9.52. The van der Waals surface area contributed by atoms with Gasteiger partial charge in [-0.1, -0.05) is 11.6 Å². The molecule has 1 aromatic rings. The van der Waals surface area contributed by atoms with E-state index in [2.05, 4.69) is 5.32 Å². The minimum atomic E-state index is -0.425. The van der Waals surface area contributed by atoms with Crippen LogP contribution >= 0.6 is 11.6 Å². The van der Waals surface area contributed by atoms with Crippen LogP contribution in [0, 0.1) is 16.0 Å². The van der Waals surface area contributed by atoms with E-state index in [1.165, 1.54) is 6.07 Å². The lowest BCUT2D eigenvalue weighted by Crippen LogP contribution is -2.39. The van der Waals surface area contributed by atoms with Crippen LogP contribution in [-0.4, -0.2) is 31.0 Å². The van der Waals surface area contributed by atoms with Gasteiger partial charge in [-0.3, -0.25) is 14.9 Å². The molecule has 0 atom stereocenters. The summed E-state index contributed by atoms with van der Waals surface area (Å²) in [4.78, 5) is 24.2. The topological polar surface area (TPSA) is 75.5 Å². The number of rotatable bonds is 3. The van der Waals surface area contributed by atoms with Gasteiger partial charge in [-0.2, -0.15) is 0 Å². The smallest absolute Gasteiger partial charge is 0.294 e. The number of amides is 1. The molecule has 0 saturated carbocycles. The highest BCUT2D eigenvalue weighted by Gasteiger charge is 2.27. The maximum Gasteiger partial charge on any atom is 0.294 e. The van der Waals surface area contributed by atoms with Crippen molar-refractivity contribution in [2.75, 3.05) is 25.0 Å². The average Bonchev–Trinajstić information content (AvgIpc) is 2.46. The summed E-state index contributed by atoms with van der Waals surface area (Å²) in [5.74, 6) is 0.0258. The molecular weight excluding hydrogens is 282 g/mol. The Hall–Kier alpha value is -1.82. The number of anilines is 1. The molecular formula is C13H16ClN3O3. The van der Waals surface area contributed by atoms with E-state index in [1.807, 2.05) is 4.90 Å². The summed E-state index contributed by atoms with van der Waals surface area (Å²) < 4.78 is 0. The molecule has 6 nitrogen and oxygen atoms in total. The van der Waals surface area contributed by atoms with Crippen LogP contribution in [0.25, 0.3) is 0 Å². The third-order valence-electron chi connectivity index (χ3n) is 3.59. The molecule has 0 radical (unpaired) electrons. The molecule has 1 aliphatic rings. The molecule has 7 heteroatoms. The van der Waals surface area contributed by atoms with E-state index >= 15 is 0 Å². The number of nitrogens with one attached hydrogen (secondary N) is 1. The zero-order valence-electron chi connectivity index (χ0n) is 11.1. The Kier molecular flexibility index (Phi) is 4.44. The van der Waals surface area contributed by atoms with Gasteiger partial charge in [0.25, 0.3) is 5.69 Å². The van der Waals surface area contributed by atoms with Gasteiger partial charge in [0.05, 0.1) is 4.92 Å². The highest BCUT2D eigenvalue weighted by atomic mass is 35.5. The van der Waals surface area contributed by atoms with E-state index in [0.29, 0.717) is 36.6 Å². The minimum absolute atomic E-state index is 0.0101. The van der Waals surface area contributed by atoms with Crippen molar-refractivity contribution >= 4 is 28.9 Å². The van der Waals surface area contributed by atoms with Crippen molar-refractivity contribution in [3.05, 3.63) is 33.3 Å². The van der Waals surface area contributed by atoms with E-state index in [-0.39, 0.29) is 17.5 Å². The van der Waals surface area contributed by atoms with Crippen LogP contribution in [0.2, 0.25) is 5.02 Å². The predicted octanol–water partition coefficient (Wildman–Crippen LogP) is 2.21. The maximum absolute atomic E-state index is 11.6. The van der Waals surface area contributed by atoms with Crippen LogP contribution in [0.4, 0.5) is 11.4 Å². The summed E-state index contributed by atoms with van der Waals surface area (Å²) in [5, 5.41) is 14.1. The number of halogens is 1. The maximum atomic E-state index is 11.6. The van der Waals surface area contributed by atoms with E-state index < -0.39 is 4.92 Å². The number of carbonyl (C=O) groups excluding carboxylic acids is 1. The monoisotopic (exact) mass is 297 g/mol. The molecule has 1 saturated heterocycles. The summed E-state index contributed by atoms with van der Waals surface area (Å²) in [5.41, 5.74) is 0.575. The first-order valence-corrected chi connectivity index (χ1v) is 6.81. The highest BCUT2D eigenvalue weighted by molar-refractivity contribution is 6.30. The summed E-state index contributed by atoms with van der Waals surface area (Å²) in [6.07, 6.45) is 1.39. The molecule has 0 aliphatic carbocycles. The Bertz CT molecular complexity index is 528. The van der Waals surface area contributed by atoms with Gasteiger partial charge in [0, 0.05) is 37.1 Å². The Labute approximate surface area is 121 Å². The van der Waals surface area contributed by atoms with Crippen LogP contribution in [0.5, 0.6) is 0 Å². The van der Waals surface area contributed by atoms with Crippen molar-refractivity contribution in [1.82, 2.24) is 5.32 Å². The van der Waals surface area contributed by atoms with E-state index in [0.717, 1.165) is 0 Å². The standard InChI is InChI=1S/C13H16ClN3O3/c1-15-13(18)9-4-6-16(7-5-9)11-3-2-10(14)8-12(11)17(19)20/h2-3,8-9H,4-7H2,1H3,(H,15,18). The lowest BCUT2D eigenvalue weighted by Gasteiger charge is -2.32. The van der Waals surface area contributed by atoms with Crippen LogP contribution < -0.4 is 10.2 Å². The third-order valence-corrected chi connectivity index (χ3v) is 3.82. The summed E-state index contributed by atoms with van der Waals surface area (Å²) in [7, 11) is 1.62. The number of nitro benzene ring substituents is 1. The lowest BCUT2D eigenvalue weighted by molar-refractivity contribution is -0.384. The second-order valence-corrected chi connectivity index (χ2v) is 5.20. The Morgan fingerprint density at radius 1 is 1.45 bits per heavy atom. The van der Waals surface area contributed by atoms with Gasteiger partial charge in [-0.05, 0) is 25.0 Å². The highest BCUT2D eigenvalue weighted by Crippen LogP contribution is 2.33. The third kappa shape index (κ3) is 3.01. The fraction of sp³-hybridized carbons (Fsp3) is 0.462. The molecule has 1 fully saturated rings. The van der Waals surface area contributed by atoms with Crippen molar-refractivity contribution < 1.29 is 9.72 Å². The van der Waals surface area contributed by atoms with Gasteiger partial charge in [0.1, 0.15) is 5.69 Å². The number of piperidine rings is 1. The first-order valence-electron chi connectivity index (χ1n) is 6.43. The van der Waals surface area contributed by atoms with Gasteiger partial charge in [0.15, 0.2) is 0 Å². The molecule has 1 aromatic carbocycles. The molecule has 1 N–H and O–H groups in total. The van der Waals surface area contributed by atoms with Crippen molar-refractivity contribution in [3.63, 3.8) is 0 Å². The summed E-state index contributed by atoms with van der Waals surface area (Å²) in [6.45, 7) is 1.25. The van der Waals surface area contributed by atoms with E-state index in [9.17, 15) is 14.9 Å². The van der Waals surface area contributed by atoms with Crippen LogP contribution in [0.1, 0.15) is 12.8 Å².